The minimum absolute atomic E-state index is 0.0639. The lowest BCUT2D eigenvalue weighted by molar-refractivity contribution is -0.384. The largest absolute Gasteiger partial charge is 0.353 e. The van der Waals surface area contributed by atoms with Crippen molar-refractivity contribution >= 4 is 34.3 Å². The molecule has 2 unspecified atom stereocenters. The van der Waals surface area contributed by atoms with Crippen LogP contribution in [0.25, 0.3) is 11.0 Å². The molecule has 0 bridgehead atoms. The van der Waals surface area contributed by atoms with Gasteiger partial charge in [0, 0.05) is 24.1 Å². The molecular formula is C14H17ClN4O2. The number of nitrogens with one attached hydrogen (secondary N) is 2. The Balaban J connectivity index is 1.82. The Morgan fingerprint density at radius 3 is 3.00 bits per heavy atom. The standard InChI is InChI=1S/C14H17ClN4O2/c15-8-9-3-1-2-4-11(9)16-14-17-12-6-5-10(19(20)21)7-13(12)18-14/h5-7,9,11H,1-4,8H2,(H2,16,17,18). The number of rotatable bonds is 4. The number of anilines is 1. The molecule has 2 N–H and O–H groups in total. The Bertz CT molecular complexity index is 657. The van der Waals surface area contributed by atoms with E-state index >= 15 is 0 Å². The van der Waals surface area contributed by atoms with E-state index in [0.717, 1.165) is 18.4 Å². The Kier molecular flexibility index (Phi) is 3.96. The molecule has 2 aromatic rings. The summed E-state index contributed by atoms with van der Waals surface area (Å²) < 4.78 is 0. The smallest absolute Gasteiger partial charge is 0.271 e. The number of hydrogen-bond acceptors (Lipinski definition) is 4. The number of fused-ring (bicyclic) bond motifs is 1. The normalized spacial score (nSPS) is 22.3. The molecule has 1 aliphatic carbocycles. The molecule has 6 nitrogen and oxygen atoms in total. The molecule has 0 saturated heterocycles. The second kappa shape index (κ2) is 5.89. The molecule has 0 spiro atoms. The van der Waals surface area contributed by atoms with E-state index in [1.807, 2.05) is 0 Å². The number of nitrogens with zero attached hydrogens (tertiary/aromatic N) is 2. The number of halogens is 1. The van der Waals surface area contributed by atoms with E-state index in [1.54, 1.807) is 6.07 Å². The van der Waals surface area contributed by atoms with Crippen LogP contribution < -0.4 is 5.32 Å². The monoisotopic (exact) mass is 308 g/mol. The molecule has 1 aromatic carbocycles. The molecule has 3 rings (SSSR count). The lowest BCUT2D eigenvalue weighted by atomic mass is 9.86. The first-order valence-corrected chi connectivity index (χ1v) is 7.67. The average molecular weight is 309 g/mol. The summed E-state index contributed by atoms with van der Waals surface area (Å²) in [5.74, 6) is 1.75. The topological polar surface area (TPSA) is 83.8 Å². The second-order valence-corrected chi connectivity index (χ2v) is 5.80. The van der Waals surface area contributed by atoms with Gasteiger partial charge in [0.05, 0.1) is 16.0 Å². The van der Waals surface area contributed by atoms with Crippen molar-refractivity contribution in [1.82, 2.24) is 9.97 Å². The Labute approximate surface area is 127 Å². The number of benzene rings is 1. The van der Waals surface area contributed by atoms with Gasteiger partial charge in [0.1, 0.15) is 0 Å². The van der Waals surface area contributed by atoms with Crippen LogP contribution in [0.15, 0.2) is 18.2 Å². The van der Waals surface area contributed by atoms with Gasteiger partial charge in [-0.25, -0.2) is 4.98 Å². The maximum absolute atomic E-state index is 10.8. The van der Waals surface area contributed by atoms with Gasteiger partial charge < -0.3 is 10.3 Å². The van der Waals surface area contributed by atoms with Gasteiger partial charge in [-0.3, -0.25) is 10.1 Å². The number of aromatic nitrogens is 2. The molecule has 21 heavy (non-hydrogen) atoms. The molecule has 1 fully saturated rings. The highest BCUT2D eigenvalue weighted by molar-refractivity contribution is 6.18. The number of nitro groups is 1. The van der Waals surface area contributed by atoms with Gasteiger partial charge in [0.15, 0.2) is 0 Å². The maximum atomic E-state index is 10.8. The predicted molar refractivity (Wildman–Crippen MR) is 82.8 cm³/mol. The first kappa shape index (κ1) is 14.1. The lowest BCUT2D eigenvalue weighted by Gasteiger charge is -2.30. The van der Waals surface area contributed by atoms with Crippen LogP contribution in [-0.4, -0.2) is 26.8 Å². The molecule has 0 radical (unpaired) electrons. The van der Waals surface area contributed by atoms with E-state index < -0.39 is 4.92 Å². The van der Waals surface area contributed by atoms with E-state index in [-0.39, 0.29) is 5.69 Å². The Hall–Kier alpha value is -1.82. The van der Waals surface area contributed by atoms with E-state index in [4.69, 9.17) is 11.6 Å². The summed E-state index contributed by atoms with van der Waals surface area (Å²) in [6, 6.07) is 4.95. The van der Waals surface area contributed by atoms with Crippen molar-refractivity contribution in [3.05, 3.63) is 28.3 Å². The molecule has 1 saturated carbocycles. The fourth-order valence-electron chi connectivity index (χ4n) is 2.94. The summed E-state index contributed by atoms with van der Waals surface area (Å²) in [7, 11) is 0. The highest BCUT2D eigenvalue weighted by Gasteiger charge is 2.25. The van der Waals surface area contributed by atoms with Crippen molar-refractivity contribution in [1.29, 1.82) is 0 Å². The summed E-state index contributed by atoms with van der Waals surface area (Å²) in [6.45, 7) is 0. The molecule has 0 aliphatic heterocycles. The van der Waals surface area contributed by atoms with Crippen molar-refractivity contribution in [2.45, 2.75) is 31.7 Å². The zero-order valence-corrected chi connectivity index (χ0v) is 12.3. The van der Waals surface area contributed by atoms with Crippen LogP contribution in [0, 0.1) is 16.0 Å². The summed E-state index contributed by atoms with van der Waals surface area (Å²) in [5, 5.41) is 14.2. The van der Waals surface area contributed by atoms with E-state index in [1.165, 1.54) is 25.0 Å². The molecular weight excluding hydrogens is 292 g/mol. The van der Waals surface area contributed by atoms with Gasteiger partial charge in [-0.15, -0.1) is 11.6 Å². The number of nitro benzene ring substituents is 1. The zero-order valence-electron chi connectivity index (χ0n) is 11.5. The predicted octanol–water partition coefficient (Wildman–Crippen LogP) is 3.68. The third-order valence-electron chi connectivity index (χ3n) is 4.11. The first-order chi connectivity index (χ1) is 10.2. The van der Waals surface area contributed by atoms with Crippen molar-refractivity contribution in [2.24, 2.45) is 5.92 Å². The van der Waals surface area contributed by atoms with Crippen molar-refractivity contribution in [3.8, 4) is 0 Å². The molecule has 112 valence electrons. The van der Waals surface area contributed by atoms with Gasteiger partial charge in [-0.2, -0.15) is 0 Å². The number of H-pyrrole nitrogens is 1. The van der Waals surface area contributed by atoms with Gasteiger partial charge >= 0.3 is 0 Å². The number of imidazole rings is 1. The van der Waals surface area contributed by atoms with Crippen LogP contribution in [0.5, 0.6) is 0 Å². The summed E-state index contributed by atoms with van der Waals surface area (Å²) in [5.41, 5.74) is 1.46. The summed E-state index contributed by atoms with van der Waals surface area (Å²) >= 11 is 6.03. The van der Waals surface area contributed by atoms with Crippen LogP contribution >= 0.6 is 11.6 Å². The molecule has 2 atom stereocenters. The van der Waals surface area contributed by atoms with Gasteiger partial charge in [-0.1, -0.05) is 12.8 Å². The van der Waals surface area contributed by atoms with E-state index in [9.17, 15) is 10.1 Å². The summed E-state index contributed by atoms with van der Waals surface area (Å²) in [6.07, 6.45) is 4.63. The van der Waals surface area contributed by atoms with Crippen LogP contribution in [0.2, 0.25) is 0 Å². The number of alkyl halides is 1. The molecule has 1 aliphatic rings. The third kappa shape index (κ3) is 2.95. The van der Waals surface area contributed by atoms with Gasteiger partial charge in [0.2, 0.25) is 5.95 Å². The number of aromatic amines is 1. The van der Waals surface area contributed by atoms with Crippen molar-refractivity contribution in [3.63, 3.8) is 0 Å². The zero-order chi connectivity index (χ0) is 14.8. The van der Waals surface area contributed by atoms with Crippen LogP contribution in [0.4, 0.5) is 11.6 Å². The van der Waals surface area contributed by atoms with Gasteiger partial charge in [-0.05, 0) is 24.8 Å². The Morgan fingerprint density at radius 2 is 2.24 bits per heavy atom. The minimum Gasteiger partial charge on any atom is -0.353 e. The lowest BCUT2D eigenvalue weighted by Crippen LogP contribution is -2.33. The quantitative estimate of drug-likeness (QED) is 0.512. The van der Waals surface area contributed by atoms with Crippen LogP contribution in [-0.2, 0) is 0 Å². The fraction of sp³-hybridized carbons (Fsp3) is 0.500. The average Bonchev–Trinajstić information content (AvgIpc) is 2.89. The van der Waals surface area contributed by atoms with Crippen LogP contribution in [0.1, 0.15) is 25.7 Å². The first-order valence-electron chi connectivity index (χ1n) is 7.14. The van der Waals surface area contributed by atoms with Crippen molar-refractivity contribution in [2.75, 3.05) is 11.2 Å². The SMILES string of the molecule is O=[N+]([O-])c1ccc2nc(NC3CCCCC3CCl)[nH]c2c1. The highest BCUT2D eigenvalue weighted by atomic mass is 35.5. The van der Waals surface area contributed by atoms with E-state index in [2.05, 4.69) is 15.3 Å². The number of non-ortho nitro benzene ring substituents is 1. The minimum atomic E-state index is -0.405. The molecule has 1 heterocycles. The fourth-order valence-corrected chi connectivity index (χ4v) is 3.31. The molecule has 0 amide bonds. The third-order valence-corrected chi connectivity index (χ3v) is 4.50. The summed E-state index contributed by atoms with van der Waals surface area (Å²) in [4.78, 5) is 17.9. The van der Waals surface area contributed by atoms with Gasteiger partial charge in [0.25, 0.3) is 5.69 Å². The van der Waals surface area contributed by atoms with E-state index in [0.29, 0.717) is 29.3 Å². The molecule has 7 heteroatoms. The van der Waals surface area contributed by atoms with Crippen LogP contribution in [0.3, 0.4) is 0 Å². The highest BCUT2D eigenvalue weighted by Crippen LogP contribution is 2.28. The van der Waals surface area contributed by atoms with Crippen molar-refractivity contribution < 1.29 is 4.92 Å². The second-order valence-electron chi connectivity index (χ2n) is 5.49. The Morgan fingerprint density at radius 1 is 1.43 bits per heavy atom. The molecule has 1 aromatic heterocycles. The number of hydrogen-bond donors (Lipinski definition) is 2. The maximum Gasteiger partial charge on any atom is 0.271 e.